The molecule has 0 spiro atoms. The molecule has 0 unspecified atom stereocenters. The molecule has 5 nitrogen and oxygen atoms in total. The molecule has 1 aliphatic heterocycles. The third-order valence-corrected chi connectivity index (χ3v) is 2.78. The van der Waals surface area contributed by atoms with Crippen molar-refractivity contribution in [1.82, 2.24) is 0 Å². The number of rotatable bonds is 3. The van der Waals surface area contributed by atoms with Crippen molar-refractivity contribution in [2.24, 2.45) is 0 Å². The van der Waals surface area contributed by atoms with Crippen molar-refractivity contribution < 1.29 is 28.2 Å². The van der Waals surface area contributed by atoms with Crippen LogP contribution in [0.1, 0.15) is 10.4 Å². The number of hydrogen-bond donors (Lipinski definition) is 0. The van der Waals surface area contributed by atoms with Gasteiger partial charge in [-0.3, -0.25) is 0 Å². The van der Waals surface area contributed by atoms with Gasteiger partial charge >= 0.3 is 11.9 Å². The molecular weight excluding hydrogens is 255 g/mol. The van der Waals surface area contributed by atoms with Gasteiger partial charge < -0.3 is 14.2 Å². The number of esters is 2. The minimum atomic E-state index is -1.54. The molecule has 0 amide bonds. The topological polar surface area (TPSA) is 61.8 Å². The molecule has 0 N–H and O–H groups in total. The summed E-state index contributed by atoms with van der Waals surface area (Å²) in [4.78, 5) is 23.2. The highest BCUT2D eigenvalue weighted by Crippen LogP contribution is 2.23. The van der Waals surface area contributed by atoms with Gasteiger partial charge in [-0.15, -0.1) is 0 Å². The third kappa shape index (κ3) is 2.90. The molecule has 1 aromatic carbocycles. The van der Waals surface area contributed by atoms with E-state index in [1.54, 1.807) is 30.3 Å². The number of hydrogen-bond acceptors (Lipinski definition) is 5. The Morgan fingerprint density at radius 3 is 2.63 bits per heavy atom. The first-order valence-electron chi connectivity index (χ1n) is 5.73. The Morgan fingerprint density at radius 2 is 2.00 bits per heavy atom. The number of carbonyl (C=O) groups excluding carboxylic acids is 2. The highest BCUT2D eigenvalue weighted by molar-refractivity contribution is 5.89. The van der Waals surface area contributed by atoms with Crippen LogP contribution in [-0.2, 0) is 19.0 Å². The molecule has 1 fully saturated rings. The zero-order chi connectivity index (χ0) is 13.8. The van der Waals surface area contributed by atoms with Crippen LogP contribution in [0.15, 0.2) is 30.3 Å². The first-order valence-corrected chi connectivity index (χ1v) is 5.73. The Hall–Kier alpha value is -1.95. The second-order valence-electron chi connectivity index (χ2n) is 4.03. The minimum Gasteiger partial charge on any atom is -0.467 e. The summed E-state index contributed by atoms with van der Waals surface area (Å²) in [5.41, 5.74) is 0.283. The van der Waals surface area contributed by atoms with E-state index in [9.17, 15) is 14.0 Å². The Labute approximate surface area is 109 Å². The summed E-state index contributed by atoms with van der Waals surface area (Å²) in [6.45, 7) is -0.299. The van der Waals surface area contributed by atoms with E-state index < -0.39 is 30.3 Å². The second kappa shape index (κ2) is 5.79. The lowest BCUT2D eigenvalue weighted by Gasteiger charge is -2.18. The van der Waals surface area contributed by atoms with Crippen LogP contribution >= 0.6 is 0 Å². The normalized spacial score (nSPS) is 25.9. The van der Waals surface area contributed by atoms with Gasteiger partial charge in [0.15, 0.2) is 18.4 Å². The van der Waals surface area contributed by atoms with Crippen LogP contribution in [0, 0.1) is 0 Å². The monoisotopic (exact) mass is 268 g/mol. The quantitative estimate of drug-likeness (QED) is 0.769. The zero-order valence-electron chi connectivity index (χ0n) is 10.2. The summed E-state index contributed by atoms with van der Waals surface area (Å²) in [5.74, 6) is -1.46. The highest BCUT2D eigenvalue weighted by Gasteiger charge is 2.45. The Kier molecular flexibility index (Phi) is 4.11. The van der Waals surface area contributed by atoms with Crippen molar-refractivity contribution in [1.29, 1.82) is 0 Å². The van der Waals surface area contributed by atoms with Crippen LogP contribution in [0.25, 0.3) is 0 Å². The standard InChI is InChI=1S/C13H13FO5/c1-17-13(16)11-10(9(14)7-18-11)19-12(15)8-5-3-2-4-6-8/h2-6,9-11H,7H2,1H3/t9-,10+,11+/m0/s1. The molecule has 0 radical (unpaired) electrons. The number of methoxy groups -OCH3 is 1. The molecule has 0 saturated carbocycles. The minimum absolute atomic E-state index is 0.283. The van der Waals surface area contributed by atoms with Gasteiger partial charge in [-0.1, -0.05) is 18.2 Å². The number of halogens is 1. The number of benzene rings is 1. The van der Waals surface area contributed by atoms with Gasteiger partial charge in [-0.25, -0.2) is 14.0 Å². The van der Waals surface area contributed by atoms with Crippen molar-refractivity contribution in [3.05, 3.63) is 35.9 Å². The van der Waals surface area contributed by atoms with E-state index in [2.05, 4.69) is 4.74 Å². The summed E-state index contributed by atoms with van der Waals surface area (Å²) >= 11 is 0. The number of alkyl halides is 1. The first kappa shape index (κ1) is 13.5. The lowest BCUT2D eigenvalue weighted by Crippen LogP contribution is -2.39. The highest BCUT2D eigenvalue weighted by atomic mass is 19.1. The second-order valence-corrected chi connectivity index (χ2v) is 4.03. The molecule has 0 bridgehead atoms. The fourth-order valence-corrected chi connectivity index (χ4v) is 1.79. The van der Waals surface area contributed by atoms with Crippen LogP contribution in [0.2, 0.25) is 0 Å². The molecule has 3 atom stereocenters. The van der Waals surface area contributed by atoms with Gasteiger partial charge in [0.2, 0.25) is 0 Å². The predicted molar refractivity (Wildman–Crippen MR) is 62.3 cm³/mol. The maximum Gasteiger partial charge on any atom is 0.339 e. The molecule has 6 heteroatoms. The van der Waals surface area contributed by atoms with E-state index in [0.29, 0.717) is 0 Å². The molecule has 0 aromatic heterocycles. The van der Waals surface area contributed by atoms with E-state index in [0.717, 1.165) is 7.11 Å². The largest absolute Gasteiger partial charge is 0.467 e. The lowest BCUT2D eigenvalue weighted by atomic mass is 10.1. The lowest BCUT2D eigenvalue weighted by molar-refractivity contribution is -0.155. The van der Waals surface area contributed by atoms with Crippen molar-refractivity contribution in [2.75, 3.05) is 13.7 Å². The van der Waals surface area contributed by atoms with Crippen LogP contribution < -0.4 is 0 Å². The average Bonchev–Trinajstić information content (AvgIpc) is 2.80. The van der Waals surface area contributed by atoms with Gasteiger partial charge in [0.05, 0.1) is 19.3 Å². The summed E-state index contributed by atoms with van der Waals surface area (Å²) in [6, 6.07) is 8.14. The first-order chi connectivity index (χ1) is 9.13. The molecule has 0 aliphatic carbocycles. The fourth-order valence-electron chi connectivity index (χ4n) is 1.79. The Morgan fingerprint density at radius 1 is 1.32 bits per heavy atom. The fraction of sp³-hybridized carbons (Fsp3) is 0.385. The number of carbonyl (C=O) groups is 2. The van der Waals surface area contributed by atoms with E-state index in [-0.39, 0.29) is 12.2 Å². The smallest absolute Gasteiger partial charge is 0.339 e. The van der Waals surface area contributed by atoms with Gasteiger partial charge in [-0.2, -0.15) is 0 Å². The van der Waals surface area contributed by atoms with Crippen molar-refractivity contribution >= 4 is 11.9 Å². The van der Waals surface area contributed by atoms with E-state index >= 15 is 0 Å². The predicted octanol–water partition coefficient (Wildman–Crippen LogP) is 1.12. The molecule has 102 valence electrons. The number of ether oxygens (including phenoxy) is 3. The van der Waals surface area contributed by atoms with Gasteiger partial charge in [0.1, 0.15) is 0 Å². The molecule has 1 aliphatic rings. The van der Waals surface area contributed by atoms with Crippen LogP contribution in [0.4, 0.5) is 4.39 Å². The van der Waals surface area contributed by atoms with Gasteiger partial charge in [-0.05, 0) is 12.1 Å². The third-order valence-electron chi connectivity index (χ3n) is 2.78. The maximum atomic E-state index is 13.6. The summed E-state index contributed by atoms with van der Waals surface area (Å²) in [7, 11) is 1.16. The van der Waals surface area contributed by atoms with E-state index in [4.69, 9.17) is 9.47 Å². The molecule has 1 aromatic rings. The van der Waals surface area contributed by atoms with Crippen molar-refractivity contribution in [3.63, 3.8) is 0 Å². The van der Waals surface area contributed by atoms with Crippen LogP contribution in [0.3, 0.4) is 0 Å². The van der Waals surface area contributed by atoms with E-state index in [1.165, 1.54) is 0 Å². The van der Waals surface area contributed by atoms with Crippen LogP contribution in [-0.4, -0.2) is 44.0 Å². The molecule has 2 rings (SSSR count). The summed E-state index contributed by atoms with van der Waals surface area (Å²) in [5, 5.41) is 0. The molecule has 1 heterocycles. The zero-order valence-corrected chi connectivity index (χ0v) is 10.2. The average molecular weight is 268 g/mol. The molecule has 19 heavy (non-hydrogen) atoms. The maximum absolute atomic E-state index is 13.6. The summed E-state index contributed by atoms with van der Waals surface area (Å²) in [6.07, 6.45) is -4.04. The van der Waals surface area contributed by atoms with Crippen molar-refractivity contribution in [3.8, 4) is 0 Å². The van der Waals surface area contributed by atoms with Gasteiger partial charge in [0.25, 0.3) is 0 Å². The van der Waals surface area contributed by atoms with Crippen molar-refractivity contribution in [2.45, 2.75) is 18.4 Å². The van der Waals surface area contributed by atoms with Gasteiger partial charge in [0, 0.05) is 0 Å². The van der Waals surface area contributed by atoms with Crippen LogP contribution in [0.5, 0.6) is 0 Å². The Balaban J connectivity index is 2.08. The Bertz CT molecular complexity index is 461. The summed E-state index contributed by atoms with van der Waals surface area (Å²) < 4.78 is 28.0. The SMILES string of the molecule is COC(=O)[C@@H]1OC[C@H](F)[C@H]1OC(=O)c1ccccc1. The molecular formula is C13H13FO5. The van der Waals surface area contributed by atoms with E-state index in [1.807, 2.05) is 0 Å². The molecule has 1 saturated heterocycles.